The molecule has 3 rings (SSSR count). The van der Waals surface area contributed by atoms with Gasteiger partial charge in [-0.2, -0.15) is 0 Å². The van der Waals surface area contributed by atoms with Crippen molar-refractivity contribution < 1.29 is 13.2 Å². The van der Waals surface area contributed by atoms with Crippen molar-refractivity contribution >= 4 is 56.4 Å². The number of anilines is 1. The standard InChI is InChI=1S/C24H30Cl3N3O3S/c1-34(32,33)16-17-6-9-30(10-7-17)11-8-19(18-2-4-20(25)5-3-18)15-28-24(31)29-23-13-21(26)12-22(27)14-23/h2-5,12-14,17,19H,6-11,15-16H2,1H3,(H2,28,29,31). The van der Waals surface area contributed by atoms with E-state index in [-0.39, 0.29) is 23.6 Å². The van der Waals surface area contributed by atoms with Crippen molar-refractivity contribution in [1.82, 2.24) is 10.2 Å². The number of likely N-dealkylation sites (tertiary alicyclic amines) is 1. The van der Waals surface area contributed by atoms with Crippen molar-refractivity contribution in [2.75, 3.05) is 43.5 Å². The van der Waals surface area contributed by atoms with Crippen LogP contribution < -0.4 is 10.6 Å². The van der Waals surface area contributed by atoms with E-state index in [1.54, 1.807) is 18.2 Å². The Morgan fingerprint density at radius 2 is 1.65 bits per heavy atom. The third-order valence-corrected chi connectivity index (χ3v) is 7.78. The highest BCUT2D eigenvalue weighted by atomic mass is 35.5. The fourth-order valence-electron chi connectivity index (χ4n) is 4.28. The number of amides is 2. The number of nitrogens with zero attached hydrogens (tertiary/aromatic N) is 1. The summed E-state index contributed by atoms with van der Waals surface area (Å²) in [5.41, 5.74) is 1.62. The molecular weight excluding hydrogens is 517 g/mol. The van der Waals surface area contributed by atoms with Gasteiger partial charge in [0.25, 0.3) is 0 Å². The minimum Gasteiger partial charge on any atom is -0.337 e. The molecule has 2 N–H and O–H groups in total. The van der Waals surface area contributed by atoms with Crippen molar-refractivity contribution in [3.8, 4) is 0 Å². The van der Waals surface area contributed by atoms with Crippen LogP contribution in [0.3, 0.4) is 0 Å². The average Bonchev–Trinajstić information content (AvgIpc) is 2.74. The Bertz CT molecular complexity index is 1050. The van der Waals surface area contributed by atoms with Gasteiger partial charge in [-0.1, -0.05) is 46.9 Å². The second-order valence-corrected chi connectivity index (χ2v) is 12.4. The normalized spacial score (nSPS) is 16.2. The van der Waals surface area contributed by atoms with E-state index in [0.717, 1.165) is 44.5 Å². The van der Waals surface area contributed by atoms with Crippen LogP contribution in [0.2, 0.25) is 15.1 Å². The Balaban J connectivity index is 1.55. The van der Waals surface area contributed by atoms with Crippen LogP contribution in [0.5, 0.6) is 0 Å². The zero-order valence-electron chi connectivity index (χ0n) is 19.1. The van der Waals surface area contributed by atoms with Crippen LogP contribution in [-0.4, -0.2) is 57.5 Å². The van der Waals surface area contributed by atoms with E-state index >= 15 is 0 Å². The number of piperidine rings is 1. The number of rotatable bonds is 9. The largest absolute Gasteiger partial charge is 0.337 e. The first kappa shape index (κ1) is 27.1. The summed E-state index contributed by atoms with van der Waals surface area (Å²) in [4.78, 5) is 14.9. The Hall–Kier alpha value is -1.51. The molecule has 0 radical (unpaired) electrons. The van der Waals surface area contributed by atoms with E-state index in [9.17, 15) is 13.2 Å². The smallest absolute Gasteiger partial charge is 0.319 e. The Morgan fingerprint density at radius 3 is 2.24 bits per heavy atom. The lowest BCUT2D eigenvalue weighted by molar-refractivity contribution is 0.187. The van der Waals surface area contributed by atoms with Gasteiger partial charge in [-0.25, -0.2) is 13.2 Å². The average molecular weight is 547 g/mol. The molecule has 1 aliphatic rings. The SMILES string of the molecule is CS(=O)(=O)CC1CCN(CCC(CNC(=O)Nc2cc(Cl)cc(Cl)c2)c2ccc(Cl)cc2)CC1. The second-order valence-electron chi connectivity index (χ2n) is 8.91. The highest BCUT2D eigenvalue weighted by molar-refractivity contribution is 7.90. The van der Waals surface area contributed by atoms with Gasteiger partial charge in [-0.15, -0.1) is 0 Å². The van der Waals surface area contributed by atoms with Gasteiger partial charge in [-0.3, -0.25) is 0 Å². The summed E-state index contributed by atoms with van der Waals surface area (Å²) in [7, 11) is -2.94. The van der Waals surface area contributed by atoms with E-state index in [2.05, 4.69) is 15.5 Å². The first-order valence-electron chi connectivity index (χ1n) is 11.2. The quantitative estimate of drug-likeness (QED) is 0.423. The van der Waals surface area contributed by atoms with E-state index in [4.69, 9.17) is 34.8 Å². The summed E-state index contributed by atoms with van der Waals surface area (Å²) in [5, 5.41) is 7.28. The number of sulfone groups is 1. The van der Waals surface area contributed by atoms with Gasteiger partial charge in [-0.05, 0) is 80.7 Å². The summed E-state index contributed by atoms with van der Waals surface area (Å²) >= 11 is 18.1. The van der Waals surface area contributed by atoms with Crippen LogP contribution in [0.25, 0.3) is 0 Å². The van der Waals surface area contributed by atoms with Gasteiger partial charge in [0.1, 0.15) is 9.84 Å². The zero-order chi connectivity index (χ0) is 24.7. The molecule has 0 spiro atoms. The summed E-state index contributed by atoms with van der Waals surface area (Å²) in [6.45, 7) is 3.09. The van der Waals surface area contributed by atoms with Crippen molar-refractivity contribution in [1.29, 1.82) is 0 Å². The zero-order valence-corrected chi connectivity index (χ0v) is 22.2. The maximum atomic E-state index is 12.5. The third kappa shape index (κ3) is 9.27. The maximum Gasteiger partial charge on any atom is 0.319 e. The first-order chi connectivity index (χ1) is 16.1. The predicted octanol–water partition coefficient (Wildman–Crippen LogP) is 5.70. The monoisotopic (exact) mass is 545 g/mol. The molecule has 0 saturated carbocycles. The maximum absolute atomic E-state index is 12.5. The molecule has 2 amide bonds. The molecule has 1 saturated heterocycles. The van der Waals surface area contributed by atoms with Gasteiger partial charge in [0.2, 0.25) is 0 Å². The van der Waals surface area contributed by atoms with E-state index in [1.165, 1.54) is 6.26 Å². The number of carbonyl (C=O) groups is 1. The van der Waals surface area contributed by atoms with Gasteiger partial charge in [0.05, 0.1) is 5.75 Å². The number of halogens is 3. The van der Waals surface area contributed by atoms with E-state index in [0.29, 0.717) is 27.3 Å². The highest BCUT2D eigenvalue weighted by Gasteiger charge is 2.23. The lowest BCUT2D eigenvalue weighted by Crippen LogP contribution is -2.38. The molecule has 186 valence electrons. The first-order valence-corrected chi connectivity index (χ1v) is 14.4. The number of hydrogen-bond donors (Lipinski definition) is 2. The Kier molecular flexibility index (Phi) is 9.92. The summed E-state index contributed by atoms with van der Waals surface area (Å²) < 4.78 is 23.2. The molecule has 1 unspecified atom stereocenters. The van der Waals surface area contributed by atoms with Crippen LogP contribution in [0.1, 0.15) is 30.7 Å². The van der Waals surface area contributed by atoms with Crippen molar-refractivity contribution in [3.63, 3.8) is 0 Å². The number of hydrogen-bond acceptors (Lipinski definition) is 4. The molecule has 1 aliphatic heterocycles. The lowest BCUT2D eigenvalue weighted by atomic mass is 9.94. The summed E-state index contributed by atoms with van der Waals surface area (Å²) in [5.74, 6) is 0.605. The van der Waals surface area contributed by atoms with Crippen molar-refractivity contribution in [2.45, 2.75) is 25.2 Å². The molecule has 1 heterocycles. The molecule has 34 heavy (non-hydrogen) atoms. The molecule has 0 bridgehead atoms. The van der Waals surface area contributed by atoms with Crippen molar-refractivity contribution in [3.05, 3.63) is 63.1 Å². The third-order valence-electron chi connectivity index (χ3n) is 6.01. The molecule has 6 nitrogen and oxygen atoms in total. The summed E-state index contributed by atoms with van der Waals surface area (Å²) in [6, 6.07) is 12.2. The minimum atomic E-state index is -2.94. The minimum absolute atomic E-state index is 0.0970. The number of carbonyl (C=O) groups excluding carboxylic acids is 1. The van der Waals surface area contributed by atoms with Gasteiger partial charge in [0.15, 0.2) is 0 Å². The molecule has 0 aliphatic carbocycles. The van der Waals surface area contributed by atoms with Crippen LogP contribution in [0, 0.1) is 5.92 Å². The van der Waals surface area contributed by atoms with Crippen LogP contribution in [-0.2, 0) is 9.84 Å². The topological polar surface area (TPSA) is 78.5 Å². The molecule has 1 atom stereocenters. The van der Waals surface area contributed by atoms with E-state index in [1.807, 2.05) is 24.3 Å². The molecule has 1 fully saturated rings. The van der Waals surface area contributed by atoms with Gasteiger partial charge < -0.3 is 15.5 Å². The van der Waals surface area contributed by atoms with Crippen LogP contribution >= 0.6 is 34.8 Å². The fourth-order valence-corrected chi connectivity index (χ4v) is 6.12. The van der Waals surface area contributed by atoms with Crippen LogP contribution in [0.4, 0.5) is 10.5 Å². The Labute approximate surface area is 216 Å². The molecular formula is C24H30Cl3N3O3S. The van der Waals surface area contributed by atoms with Gasteiger partial charge >= 0.3 is 6.03 Å². The Morgan fingerprint density at radius 1 is 1.03 bits per heavy atom. The molecule has 2 aromatic carbocycles. The molecule has 2 aromatic rings. The molecule has 0 aromatic heterocycles. The van der Waals surface area contributed by atoms with Crippen LogP contribution in [0.15, 0.2) is 42.5 Å². The second kappa shape index (κ2) is 12.5. The summed E-state index contributed by atoms with van der Waals surface area (Å²) in [6.07, 6.45) is 3.94. The van der Waals surface area contributed by atoms with Crippen molar-refractivity contribution in [2.24, 2.45) is 5.92 Å². The van der Waals surface area contributed by atoms with Gasteiger partial charge in [0, 0.05) is 39.5 Å². The fraction of sp³-hybridized carbons (Fsp3) is 0.458. The highest BCUT2D eigenvalue weighted by Crippen LogP contribution is 2.25. The molecule has 10 heteroatoms. The predicted molar refractivity (Wildman–Crippen MR) is 141 cm³/mol. The number of nitrogens with one attached hydrogen (secondary N) is 2. The number of benzene rings is 2. The number of urea groups is 1. The van der Waals surface area contributed by atoms with E-state index < -0.39 is 9.84 Å². The lowest BCUT2D eigenvalue weighted by Gasteiger charge is -2.32.